The van der Waals surface area contributed by atoms with E-state index in [0.29, 0.717) is 36.1 Å². The molecule has 1 unspecified atom stereocenters. The van der Waals surface area contributed by atoms with Crippen LogP contribution in [0.4, 0.5) is 10.1 Å². The first-order valence-electron chi connectivity index (χ1n) is 9.49. The number of allylic oxidation sites excluding steroid dienone is 3. The lowest BCUT2D eigenvalue weighted by molar-refractivity contribution is -0.116. The van der Waals surface area contributed by atoms with Crippen LogP contribution in [0.3, 0.4) is 0 Å². The molecule has 2 aromatic rings. The number of benzene rings is 1. The lowest BCUT2D eigenvalue weighted by Crippen LogP contribution is -2.39. The van der Waals surface area contributed by atoms with Crippen molar-refractivity contribution in [2.24, 2.45) is 5.73 Å². The molecular weight excluding hydrogens is 405 g/mol. The van der Waals surface area contributed by atoms with Gasteiger partial charge in [0.05, 0.1) is 27.5 Å². The second kappa shape index (κ2) is 8.05. The van der Waals surface area contributed by atoms with Gasteiger partial charge in [0, 0.05) is 17.7 Å². The number of carbonyl (C=O) groups is 1. The number of Topliss-reactive ketones (excluding diaryl/α,β-unsaturated/α-hetero) is 1. The minimum absolute atomic E-state index is 0.0106. The van der Waals surface area contributed by atoms with Crippen molar-refractivity contribution in [1.82, 2.24) is 0 Å². The molecule has 4 nitrogen and oxygen atoms in total. The summed E-state index contributed by atoms with van der Waals surface area (Å²) >= 11 is 3.30. The third-order valence-corrected chi connectivity index (χ3v) is 7.40. The molecule has 1 aromatic heterocycles. The van der Waals surface area contributed by atoms with E-state index < -0.39 is 11.7 Å². The van der Waals surface area contributed by atoms with Gasteiger partial charge in [-0.15, -0.1) is 23.1 Å². The number of hydrogen-bond donors (Lipinski definition) is 1. The monoisotopic (exact) mass is 425 g/mol. The summed E-state index contributed by atoms with van der Waals surface area (Å²) in [5, 5.41) is 12.0. The van der Waals surface area contributed by atoms with Gasteiger partial charge in [-0.25, -0.2) is 4.39 Å². The zero-order chi connectivity index (χ0) is 20.5. The molecule has 0 saturated carbocycles. The quantitative estimate of drug-likeness (QED) is 0.673. The molecule has 1 aromatic carbocycles. The van der Waals surface area contributed by atoms with Gasteiger partial charge in [0.25, 0.3) is 0 Å². The predicted molar refractivity (Wildman–Crippen MR) is 115 cm³/mol. The highest BCUT2D eigenvalue weighted by atomic mass is 32.2. The first-order chi connectivity index (χ1) is 14.1. The van der Waals surface area contributed by atoms with Crippen molar-refractivity contribution in [3.63, 3.8) is 0 Å². The number of nitriles is 1. The summed E-state index contributed by atoms with van der Waals surface area (Å²) in [4.78, 5) is 14.7. The molecule has 0 spiro atoms. The maximum absolute atomic E-state index is 14.7. The summed E-state index contributed by atoms with van der Waals surface area (Å²) in [6.07, 6.45) is 1.73. The highest BCUT2D eigenvalue weighted by Crippen LogP contribution is 2.49. The lowest BCUT2D eigenvalue weighted by Gasteiger charge is -2.39. The molecule has 0 radical (unpaired) electrons. The number of carbonyl (C=O) groups excluding carboxylic acids is 1. The lowest BCUT2D eigenvalue weighted by atomic mass is 9.76. The highest BCUT2D eigenvalue weighted by Gasteiger charge is 2.41. The Morgan fingerprint density at radius 1 is 1.34 bits per heavy atom. The molecule has 0 amide bonds. The van der Waals surface area contributed by atoms with Crippen molar-refractivity contribution in [1.29, 1.82) is 5.26 Å². The van der Waals surface area contributed by atoms with Crippen LogP contribution in [-0.4, -0.2) is 11.5 Å². The number of thiophene rings is 1. The standard InChI is InChI=1S/C22H20FN3OS2/c1-2-28-22-13(10-11-29-22)19-14(12-24)21(25)26(16-7-4-3-6-15(16)23)17-8-5-9-18(27)20(17)19/h3-4,6-7,10-11,19H,2,5,8-9,25H2,1H3. The van der Waals surface area contributed by atoms with E-state index in [1.54, 1.807) is 46.2 Å². The van der Waals surface area contributed by atoms with Gasteiger partial charge >= 0.3 is 0 Å². The van der Waals surface area contributed by atoms with Crippen molar-refractivity contribution >= 4 is 34.6 Å². The molecule has 0 bridgehead atoms. The predicted octanol–water partition coefficient (Wildman–Crippen LogP) is 5.30. The molecule has 1 aliphatic heterocycles. The fourth-order valence-electron chi connectivity index (χ4n) is 4.07. The zero-order valence-electron chi connectivity index (χ0n) is 15.9. The van der Waals surface area contributed by atoms with E-state index >= 15 is 0 Å². The van der Waals surface area contributed by atoms with Crippen LogP contribution in [-0.2, 0) is 4.79 Å². The normalized spacial score (nSPS) is 19.4. The Hall–Kier alpha value is -2.56. The van der Waals surface area contributed by atoms with E-state index in [-0.39, 0.29) is 17.3 Å². The molecule has 0 saturated heterocycles. The summed E-state index contributed by atoms with van der Waals surface area (Å²) in [5.41, 5.74) is 9.29. The van der Waals surface area contributed by atoms with Gasteiger partial charge < -0.3 is 5.73 Å². The second-order valence-corrected chi connectivity index (χ2v) is 9.31. The SMILES string of the molecule is CCSc1sccc1C1C(C#N)=C(N)N(c2ccccc2F)C2=C1C(=O)CCC2. The molecule has 0 fully saturated rings. The van der Waals surface area contributed by atoms with E-state index in [1.807, 2.05) is 11.4 Å². The number of thioether (sulfide) groups is 1. The van der Waals surface area contributed by atoms with Crippen LogP contribution in [0.2, 0.25) is 0 Å². The minimum Gasteiger partial charge on any atom is -0.384 e. The number of nitrogens with zero attached hydrogens (tertiary/aromatic N) is 2. The third-order valence-electron chi connectivity index (χ3n) is 5.25. The summed E-state index contributed by atoms with van der Waals surface area (Å²) in [6, 6.07) is 10.5. The molecule has 2 N–H and O–H groups in total. The molecular formula is C22H20FN3OS2. The largest absolute Gasteiger partial charge is 0.384 e. The number of hydrogen-bond acceptors (Lipinski definition) is 6. The van der Waals surface area contributed by atoms with Crippen LogP contribution in [0, 0.1) is 17.1 Å². The van der Waals surface area contributed by atoms with Crippen LogP contribution in [0.15, 0.2) is 62.6 Å². The van der Waals surface area contributed by atoms with Crippen LogP contribution < -0.4 is 10.6 Å². The maximum atomic E-state index is 14.7. The molecule has 2 aliphatic rings. The van der Waals surface area contributed by atoms with E-state index in [0.717, 1.165) is 15.5 Å². The van der Waals surface area contributed by atoms with Gasteiger partial charge in [-0.2, -0.15) is 5.26 Å². The molecule has 29 heavy (non-hydrogen) atoms. The molecule has 148 valence electrons. The number of nitrogens with two attached hydrogens (primary N) is 1. The summed E-state index contributed by atoms with van der Waals surface area (Å²) < 4.78 is 15.7. The Kier molecular flexibility index (Phi) is 5.48. The van der Waals surface area contributed by atoms with Crippen LogP contribution >= 0.6 is 23.1 Å². The Morgan fingerprint density at radius 3 is 2.86 bits per heavy atom. The van der Waals surface area contributed by atoms with Gasteiger partial charge in [-0.1, -0.05) is 19.1 Å². The third kappa shape index (κ3) is 3.26. The maximum Gasteiger partial charge on any atom is 0.161 e. The minimum atomic E-state index is -0.494. The zero-order valence-corrected chi connectivity index (χ0v) is 17.6. The van der Waals surface area contributed by atoms with E-state index in [2.05, 4.69) is 13.0 Å². The summed E-state index contributed by atoms with van der Waals surface area (Å²) in [6.45, 7) is 2.07. The van der Waals surface area contributed by atoms with Gasteiger partial charge in [-0.3, -0.25) is 9.69 Å². The van der Waals surface area contributed by atoms with Gasteiger partial charge in [0.2, 0.25) is 0 Å². The number of rotatable bonds is 4. The fourth-order valence-corrected chi connectivity index (χ4v) is 6.14. The van der Waals surface area contributed by atoms with Crippen molar-refractivity contribution in [3.8, 4) is 6.07 Å². The number of anilines is 1. The van der Waals surface area contributed by atoms with Gasteiger partial charge in [-0.05, 0) is 47.7 Å². The van der Waals surface area contributed by atoms with Crippen molar-refractivity contribution < 1.29 is 9.18 Å². The average Bonchev–Trinajstić information content (AvgIpc) is 3.16. The number of ketones is 1. The summed E-state index contributed by atoms with van der Waals surface area (Å²) in [7, 11) is 0. The average molecular weight is 426 g/mol. The van der Waals surface area contributed by atoms with Gasteiger partial charge in [0.15, 0.2) is 5.78 Å². The Morgan fingerprint density at radius 2 is 2.14 bits per heavy atom. The van der Waals surface area contributed by atoms with Gasteiger partial charge in [0.1, 0.15) is 11.6 Å². The summed E-state index contributed by atoms with van der Waals surface area (Å²) in [5.74, 6) is 0.175. The highest BCUT2D eigenvalue weighted by molar-refractivity contribution is 8.01. The van der Waals surface area contributed by atoms with Crippen molar-refractivity contribution in [2.45, 2.75) is 36.3 Å². The van der Waals surface area contributed by atoms with Crippen molar-refractivity contribution in [2.75, 3.05) is 10.7 Å². The Bertz CT molecular complexity index is 1080. The Labute approximate surface area is 177 Å². The Balaban J connectivity index is 1.98. The molecule has 1 aliphatic carbocycles. The van der Waals surface area contributed by atoms with E-state index in [4.69, 9.17) is 5.73 Å². The number of para-hydroxylation sites is 1. The molecule has 7 heteroatoms. The first kappa shape index (κ1) is 19.7. The fraction of sp³-hybridized carbons (Fsp3) is 0.273. The van der Waals surface area contributed by atoms with Crippen LogP contribution in [0.25, 0.3) is 0 Å². The topological polar surface area (TPSA) is 70.1 Å². The van der Waals surface area contributed by atoms with Crippen LogP contribution in [0.5, 0.6) is 0 Å². The van der Waals surface area contributed by atoms with E-state index in [1.165, 1.54) is 6.07 Å². The second-order valence-electron chi connectivity index (χ2n) is 6.86. The molecule has 4 rings (SSSR count). The van der Waals surface area contributed by atoms with Crippen molar-refractivity contribution in [3.05, 3.63) is 69.8 Å². The molecule has 1 atom stereocenters. The number of halogens is 1. The molecule has 2 heterocycles. The smallest absolute Gasteiger partial charge is 0.161 e. The van der Waals surface area contributed by atoms with E-state index in [9.17, 15) is 14.4 Å². The first-order valence-corrected chi connectivity index (χ1v) is 11.4. The van der Waals surface area contributed by atoms with Crippen LogP contribution in [0.1, 0.15) is 37.7 Å².